The number of para-hydroxylation sites is 2. The topological polar surface area (TPSA) is 16.4 Å². The summed E-state index contributed by atoms with van der Waals surface area (Å²) in [6.45, 7) is 0. The molecule has 0 radical (unpaired) electrons. The third-order valence-electron chi connectivity index (χ3n) is 10.5. The van der Waals surface area contributed by atoms with Gasteiger partial charge < -0.3 is 9.32 Å². The standard InChI is InChI=1S/C52H35NO/c1-3-14-36(15-4-1)37-26-28-39(29-27-37)44-20-9-11-22-48(44)53(49-23-13-25-51-52(49)45-21-10-12-24-50(45)54-51)43-32-30-40(31-33-43)47-35-42-19-8-7-18-41(42)34-46(47)38-16-5-2-6-17-38/h1-35H. The number of nitrogens with zero attached hydrogens (tertiary/aromatic N) is 1. The van der Waals surface area contributed by atoms with Crippen LogP contribution in [0.3, 0.4) is 0 Å². The van der Waals surface area contributed by atoms with Crippen molar-refractivity contribution in [2.45, 2.75) is 0 Å². The summed E-state index contributed by atoms with van der Waals surface area (Å²) in [7, 11) is 0. The molecule has 0 saturated heterocycles. The average molecular weight is 690 g/mol. The Kier molecular flexibility index (Phi) is 7.85. The van der Waals surface area contributed by atoms with Gasteiger partial charge in [0.1, 0.15) is 11.2 Å². The maximum Gasteiger partial charge on any atom is 0.137 e. The van der Waals surface area contributed by atoms with Gasteiger partial charge in [-0.2, -0.15) is 0 Å². The van der Waals surface area contributed by atoms with Gasteiger partial charge in [-0.3, -0.25) is 0 Å². The van der Waals surface area contributed by atoms with E-state index in [-0.39, 0.29) is 0 Å². The van der Waals surface area contributed by atoms with Gasteiger partial charge in [-0.1, -0.05) is 164 Å². The second-order valence-corrected chi connectivity index (χ2v) is 13.7. The van der Waals surface area contributed by atoms with Crippen LogP contribution in [0.15, 0.2) is 217 Å². The van der Waals surface area contributed by atoms with Crippen LogP contribution in [0.2, 0.25) is 0 Å². The van der Waals surface area contributed by atoms with Gasteiger partial charge in [0.05, 0.1) is 16.8 Å². The molecule has 2 nitrogen and oxygen atoms in total. The van der Waals surface area contributed by atoms with Crippen LogP contribution < -0.4 is 4.90 Å². The molecule has 10 aromatic rings. The van der Waals surface area contributed by atoms with Crippen molar-refractivity contribution in [1.82, 2.24) is 0 Å². The predicted octanol–water partition coefficient (Wildman–Crippen LogP) is 14.9. The SMILES string of the molecule is c1ccc(-c2ccc(-c3ccccc3N(c3ccc(-c4cc5ccccc5cc4-c4ccccc4)cc3)c3cccc4oc5ccccc5c34)cc2)cc1. The lowest BCUT2D eigenvalue weighted by molar-refractivity contribution is 0.669. The second-order valence-electron chi connectivity index (χ2n) is 13.7. The molecule has 1 aromatic heterocycles. The number of rotatable bonds is 7. The summed E-state index contributed by atoms with van der Waals surface area (Å²) in [6, 6.07) is 75.9. The number of hydrogen-bond donors (Lipinski definition) is 0. The van der Waals surface area contributed by atoms with Gasteiger partial charge in [0.25, 0.3) is 0 Å². The number of furan rings is 1. The lowest BCUT2D eigenvalue weighted by Gasteiger charge is -2.29. The van der Waals surface area contributed by atoms with Crippen molar-refractivity contribution in [3.63, 3.8) is 0 Å². The zero-order chi connectivity index (χ0) is 35.8. The molecule has 0 aliphatic carbocycles. The minimum atomic E-state index is 0.865. The Labute approximate surface area is 314 Å². The Morgan fingerprint density at radius 3 is 1.52 bits per heavy atom. The highest BCUT2D eigenvalue weighted by Gasteiger charge is 2.22. The zero-order valence-electron chi connectivity index (χ0n) is 29.6. The molecule has 0 unspecified atom stereocenters. The number of benzene rings is 9. The van der Waals surface area contributed by atoms with Crippen LogP contribution in [0, 0.1) is 0 Å². The Morgan fingerprint density at radius 1 is 0.315 bits per heavy atom. The van der Waals surface area contributed by atoms with E-state index in [1.807, 2.05) is 12.1 Å². The number of hydrogen-bond acceptors (Lipinski definition) is 2. The molecule has 0 atom stereocenters. The van der Waals surface area contributed by atoms with E-state index >= 15 is 0 Å². The molecule has 0 spiro atoms. The molecule has 0 bridgehead atoms. The maximum atomic E-state index is 6.43. The van der Waals surface area contributed by atoms with E-state index in [1.165, 1.54) is 44.2 Å². The molecule has 0 aliphatic heterocycles. The van der Waals surface area contributed by atoms with Crippen molar-refractivity contribution in [3.8, 4) is 44.5 Å². The first-order valence-electron chi connectivity index (χ1n) is 18.4. The molecule has 0 fully saturated rings. The van der Waals surface area contributed by atoms with Crippen LogP contribution in [0.5, 0.6) is 0 Å². The van der Waals surface area contributed by atoms with E-state index in [4.69, 9.17) is 4.42 Å². The monoisotopic (exact) mass is 689 g/mol. The van der Waals surface area contributed by atoms with E-state index in [0.29, 0.717) is 0 Å². The average Bonchev–Trinajstić information content (AvgIpc) is 3.64. The van der Waals surface area contributed by atoms with Crippen molar-refractivity contribution >= 4 is 49.8 Å². The fourth-order valence-electron chi connectivity index (χ4n) is 7.86. The Bertz CT molecular complexity index is 2910. The summed E-state index contributed by atoms with van der Waals surface area (Å²) in [5.41, 5.74) is 14.5. The predicted molar refractivity (Wildman–Crippen MR) is 228 cm³/mol. The Hall–Kier alpha value is -7.16. The Balaban J connectivity index is 1.15. The second kappa shape index (κ2) is 13.4. The lowest BCUT2D eigenvalue weighted by atomic mass is 9.91. The lowest BCUT2D eigenvalue weighted by Crippen LogP contribution is -2.11. The third kappa shape index (κ3) is 5.62. The highest BCUT2D eigenvalue weighted by molar-refractivity contribution is 6.14. The minimum absolute atomic E-state index is 0.865. The van der Waals surface area contributed by atoms with Gasteiger partial charge in [-0.15, -0.1) is 0 Å². The van der Waals surface area contributed by atoms with Crippen molar-refractivity contribution < 1.29 is 4.42 Å². The molecule has 2 heteroatoms. The number of anilines is 3. The highest BCUT2D eigenvalue weighted by atomic mass is 16.3. The van der Waals surface area contributed by atoms with E-state index < -0.39 is 0 Å². The van der Waals surface area contributed by atoms with Gasteiger partial charge in [0.2, 0.25) is 0 Å². The summed E-state index contributed by atoms with van der Waals surface area (Å²) in [6.07, 6.45) is 0. The Morgan fingerprint density at radius 2 is 0.796 bits per heavy atom. The first-order valence-corrected chi connectivity index (χ1v) is 18.4. The highest BCUT2D eigenvalue weighted by Crippen LogP contribution is 2.46. The van der Waals surface area contributed by atoms with Crippen LogP contribution in [-0.4, -0.2) is 0 Å². The molecule has 0 N–H and O–H groups in total. The molecule has 254 valence electrons. The molecule has 0 amide bonds. The molecule has 1 heterocycles. The molecule has 0 aliphatic rings. The summed E-state index contributed by atoms with van der Waals surface area (Å²) < 4.78 is 6.43. The summed E-state index contributed by atoms with van der Waals surface area (Å²) in [5.74, 6) is 0. The van der Waals surface area contributed by atoms with Crippen LogP contribution in [0.1, 0.15) is 0 Å². The van der Waals surface area contributed by atoms with E-state index in [2.05, 4.69) is 205 Å². The summed E-state index contributed by atoms with van der Waals surface area (Å²) in [4.78, 5) is 2.40. The van der Waals surface area contributed by atoms with Gasteiger partial charge in [-0.25, -0.2) is 0 Å². The smallest absolute Gasteiger partial charge is 0.137 e. The molecular formula is C52H35NO. The van der Waals surface area contributed by atoms with Gasteiger partial charge in [0, 0.05) is 16.6 Å². The molecule has 10 rings (SSSR count). The largest absolute Gasteiger partial charge is 0.456 e. The quantitative estimate of drug-likeness (QED) is 0.166. The van der Waals surface area contributed by atoms with Crippen molar-refractivity contribution in [3.05, 3.63) is 212 Å². The third-order valence-corrected chi connectivity index (χ3v) is 10.5. The molecular weight excluding hydrogens is 655 g/mol. The molecule has 9 aromatic carbocycles. The van der Waals surface area contributed by atoms with Gasteiger partial charge >= 0.3 is 0 Å². The van der Waals surface area contributed by atoms with E-state index in [9.17, 15) is 0 Å². The van der Waals surface area contributed by atoms with Gasteiger partial charge in [-0.05, 0) is 98.2 Å². The van der Waals surface area contributed by atoms with Crippen molar-refractivity contribution in [1.29, 1.82) is 0 Å². The zero-order valence-corrected chi connectivity index (χ0v) is 29.6. The first-order chi connectivity index (χ1) is 26.8. The summed E-state index contributed by atoms with van der Waals surface area (Å²) in [5, 5.41) is 4.64. The first kappa shape index (κ1) is 31.6. The van der Waals surface area contributed by atoms with Crippen LogP contribution in [-0.2, 0) is 0 Å². The molecule has 0 saturated carbocycles. The van der Waals surface area contributed by atoms with Crippen molar-refractivity contribution in [2.75, 3.05) is 4.90 Å². The molecule has 54 heavy (non-hydrogen) atoms. The van der Waals surface area contributed by atoms with E-state index in [1.54, 1.807) is 0 Å². The van der Waals surface area contributed by atoms with Crippen molar-refractivity contribution in [2.24, 2.45) is 0 Å². The van der Waals surface area contributed by atoms with Gasteiger partial charge in [0.15, 0.2) is 0 Å². The normalized spacial score (nSPS) is 11.3. The number of fused-ring (bicyclic) bond motifs is 4. The summed E-state index contributed by atoms with van der Waals surface area (Å²) >= 11 is 0. The van der Waals surface area contributed by atoms with E-state index in [0.717, 1.165) is 50.1 Å². The maximum absolute atomic E-state index is 6.43. The van der Waals surface area contributed by atoms with Crippen LogP contribution in [0.25, 0.3) is 77.2 Å². The minimum Gasteiger partial charge on any atom is -0.456 e. The fourth-order valence-corrected chi connectivity index (χ4v) is 7.86. The van der Waals surface area contributed by atoms with Crippen LogP contribution >= 0.6 is 0 Å². The van der Waals surface area contributed by atoms with Crippen LogP contribution in [0.4, 0.5) is 17.1 Å². The fraction of sp³-hybridized carbons (Fsp3) is 0.